The number of hydrogen-bond donors (Lipinski definition) is 0. The summed E-state index contributed by atoms with van der Waals surface area (Å²) in [6.07, 6.45) is 4.71. The second-order valence-corrected chi connectivity index (χ2v) is 5.25. The van der Waals surface area contributed by atoms with Gasteiger partial charge in [-0.05, 0) is 65.8 Å². The van der Waals surface area contributed by atoms with Crippen molar-refractivity contribution in [1.82, 2.24) is 0 Å². The molecule has 0 unspecified atom stereocenters. The van der Waals surface area contributed by atoms with E-state index in [2.05, 4.69) is 0 Å². The summed E-state index contributed by atoms with van der Waals surface area (Å²) in [5, 5.41) is 0. The van der Waals surface area contributed by atoms with E-state index in [9.17, 15) is 8.78 Å². The van der Waals surface area contributed by atoms with Gasteiger partial charge in [0.1, 0.15) is 17.4 Å². The van der Waals surface area contributed by atoms with Crippen LogP contribution in [-0.4, -0.2) is 7.11 Å². The number of halogens is 2. The van der Waals surface area contributed by atoms with Gasteiger partial charge in [0.15, 0.2) is 0 Å². The smallest absolute Gasteiger partial charge is 0.126 e. The number of aryl methyl sites for hydroxylation is 1. The highest BCUT2D eigenvalue weighted by Gasteiger charge is 2.12. The first kappa shape index (κ1) is 13.8. The quantitative estimate of drug-likeness (QED) is 0.766. The molecule has 0 aromatic heterocycles. The molecule has 3 heteroatoms. The molecule has 0 bridgehead atoms. The highest BCUT2D eigenvalue weighted by Crippen LogP contribution is 2.31. The van der Waals surface area contributed by atoms with E-state index in [0.29, 0.717) is 5.56 Å². The summed E-state index contributed by atoms with van der Waals surface area (Å²) >= 11 is 0. The minimum absolute atomic E-state index is 0.537. The molecule has 1 nitrogen and oxygen atoms in total. The number of ether oxygens (including phenoxy) is 1. The molecule has 1 aliphatic rings. The molecule has 0 atom stereocenters. The summed E-state index contributed by atoms with van der Waals surface area (Å²) in [6, 6.07) is 9.62. The van der Waals surface area contributed by atoms with Crippen LogP contribution in [0.2, 0.25) is 0 Å². The fraction of sp³-hybridized carbons (Fsp3) is 0.222. The third kappa shape index (κ3) is 2.97. The lowest BCUT2D eigenvalue weighted by Crippen LogP contribution is -1.90. The highest BCUT2D eigenvalue weighted by molar-refractivity contribution is 5.83. The third-order valence-corrected chi connectivity index (χ3v) is 3.81. The fourth-order valence-corrected chi connectivity index (χ4v) is 2.76. The molecular weight excluding hydrogens is 270 g/mol. The maximum atomic E-state index is 13.4. The summed E-state index contributed by atoms with van der Waals surface area (Å²) < 4.78 is 32.0. The van der Waals surface area contributed by atoms with Gasteiger partial charge in [-0.2, -0.15) is 0 Å². The maximum Gasteiger partial charge on any atom is 0.126 e. The molecule has 0 heterocycles. The summed E-state index contributed by atoms with van der Waals surface area (Å²) in [5.74, 6) is -0.238. The van der Waals surface area contributed by atoms with Crippen molar-refractivity contribution in [3.63, 3.8) is 0 Å². The van der Waals surface area contributed by atoms with Crippen LogP contribution in [0.5, 0.6) is 5.75 Å². The van der Waals surface area contributed by atoms with Crippen molar-refractivity contribution in [2.24, 2.45) is 0 Å². The minimum atomic E-state index is -0.537. The number of allylic oxidation sites excluding steroid dienone is 1. The Balaban J connectivity index is 2.04. The second-order valence-electron chi connectivity index (χ2n) is 5.25. The zero-order valence-corrected chi connectivity index (χ0v) is 11.8. The summed E-state index contributed by atoms with van der Waals surface area (Å²) in [5.41, 5.74) is 3.89. The molecule has 0 fully saturated rings. The number of hydrogen-bond acceptors (Lipinski definition) is 1. The Morgan fingerprint density at radius 2 is 1.71 bits per heavy atom. The van der Waals surface area contributed by atoms with Crippen LogP contribution < -0.4 is 4.74 Å². The minimum Gasteiger partial charge on any atom is -0.497 e. The van der Waals surface area contributed by atoms with Crippen molar-refractivity contribution >= 4 is 11.6 Å². The first-order valence-electron chi connectivity index (χ1n) is 6.99. The number of benzene rings is 2. The van der Waals surface area contributed by atoms with E-state index in [0.717, 1.165) is 42.2 Å². The zero-order valence-electron chi connectivity index (χ0n) is 11.8. The lowest BCUT2D eigenvalue weighted by molar-refractivity contribution is 0.414. The molecule has 21 heavy (non-hydrogen) atoms. The van der Waals surface area contributed by atoms with Gasteiger partial charge in [-0.1, -0.05) is 12.1 Å². The van der Waals surface area contributed by atoms with E-state index >= 15 is 0 Å². The topological polar surface area (TPSA) is 9.23 Å². The molecule has 0 radical (unpaired) electrons. The van der Waals surface area contributed by atoms with Crippen LogP contribution in [0.4, 0.5) is 8.78 Å². The van der Waals surface area contributed by atoms with Crippen LogP contribution in [0.3, 0.4) is 0 Å². The lowest BCUT2D eigenvalue weighted by Gasteiger charge is -2.07. The molecule has 0 saturated heterocycles. The molecule has 108 valence electrons. The standard InChI is InChI=1S/C18H16F2O/c1-21-18-6-5-14-7-12(3-2-4-13(14)10-18)15-8-16(19)11-17(20)9-15/h5-11H,2-4H2,1H3. The van der Waals surface area contributed by atoms with Gasteiger partial charge in [-0.15, -0.1) is 0 Å². The van der Waals surface area contributed by atoms with Crippen molar-refractivity contribution in [3.8, 4) is 5.75 Å². The molecule has 0 saturated carbocycles. The van der Waals surface area contributed by atoms with Crippen LogP contribution in [-0.2, 0) is 6.42 Å². The fourth-order valence-electron chi connectivity index (χ4n) is 2.76. The number of fused-ring (bicyclic) bond motifs is 1. The molecule has 2 aromatic rings. The molecule has 2 aromatic carbocycles. The van der Waals surface area contributed by atoms with Crippen LogP contribution in [0.1, 0.15) is 29.5 Å². The van der Waals surface area contributed by atoms with Crippen LogP contribution in [0, 0.1) is 11.6 Å². The normalized spacial score (nSPS) is 14.1. The van der Waals surface area contributed by atoms with E-state index in [1.165, 1.54) is 17.7 Å². The third-order valence-electron chi connectivity index (χ3n) is 3.81. The van der Waals surface area contributed by atoms with Gasteiger partial charge in [0.25, 0.3) is 0 Å². The predicted octanol–water partition coefficient (Wildman–Crippen LogP) is 4.85. The Morgan fingerprint density at radius 3 is 2.43 bits per heavy atom. The average Bonchev–Trinajstić information content (AvgIpc) is 2.67. The van der Waals surface area contributed by atoms with Crippen molar-refractivity contribution in [2.75, 3.05) is 7.11 Å². The summed E-state index contributed by atoms with van der Waals surface area (Å²) in [6.45, 7) is 0. The maximum absolute atomic E-state index is 13.4. The first-order chi connectivity index (χ1) is 10.2. The molecule has 3 rings (SSSR count). The Hall–Kier alpha value is -2.16. The lowest BCUT2D eigenvalue weighted by atomic mass is 10.0. The van der Waals surface area contributed by atoms with Crippen LogP contribution in [0.15, 0.2) is 36.4 Å². The van der Waals surface area contributed by atoms with Gasteiger partial charge in [0.05, 0.1) is 7.11 Å². The molecule has 0 amide bonds. The van der Waals surface area contributed by atoms with Crippen molar-refractivity contribution < 1.29 is 13.5 Å². The predicted molar refractivity (Wildman–Crippen MR) is 80.2 cm³/mol. The Bertz CT molecular complexity index is 684. The van der Waals surface area contributed by atoms with Crippen molar-refractivity contribution in [2.45, 2.75) is 19.3 Å². The van der Waals surface area contributed by atoms with E-state index in [4.69, 9.17) is 4.74 Å². The molecule has 0 aliphatic heterocycles. The van der Waals surface area contributed by atoms with Gasteiger partial charge in [-0.3, -0.25) is 0 Å². The van der Waals surface area contributed by atoms with Gasteiger partial charge in [0.2, 0.25) is 0 Å². The van der Waals surface area contributed by atoms with E-state index in [1.54, 1.807) is 7.11 Å². The van der Waals surface area contributed by atoms with E-state index < -0.39 is 11.6 Å². The Morgan fingerprint density at radius 1 is 0.952 bits per heavy atom. The molecule has 1 aliphatic carbocycles. The largest absolute Gasteiger partial charge is 0.497 e. The number of rotatable bonds is 2. The Kier molecular flexibility index (Phi) is 3.74. The Labute approximate surface area is 122 Å². The molecule has 0 spiro atoms. The second kappa shape index (κ2) is 5.68. The van der Waals surface area contributed by atoms with Crippen molar-refractivity contribution in [3.05, 3.63) is 64.7 Å². The summed E-state index contributed by atoms with van der Waals surface area (Å²) in [4.78, 5) is 0. The van der Waals surface area contributed by atoms with Gasteiger partial charge in [0, 0.05) is 6.07 Å². The molecular formula is C18H16F2O. The van der Waals surface area contributed by atoms with Crippen LogP contribution in [0.25, 0.3) is 11.6 Å². The van der Waals surface area contributed by atoms with Gasteiger partial charge in [-0.25, -0.2) is 8.78 Å². The van der Waals surface area contributed by atoms with Crippen LogP contribution >= 0.6 is 0 Å². The van der Waals surface area contributed by atoms with Gasteiger partial charge < -0.3 is 4.74 Å². The summed E-state index contributed by atoms with van der Waals surface area (Å²) in [7, 11) is 1.65. The average molecular weight is 286 g/mol. The molecule has 0 N–H and O–H groups in total. The van der Waals surface area contributed by atoms with E-state index in [-0.39, 0.29) is 0 Å². The zero-order chi connectivity index (χ0) is 14.8. The monoisotopic (exact) mass is 286 g/mol. The van der Waals surface area contributed by atoms with E-state index in [1.807, 2.05) is 24.3 Å². The number of methoxy groups -OCH3 is 1. The SMILES string of the molecule is COc1ccc2c(c1)CCCC(c1cc(F)cc(F)c1)=C2. The highest BCUT2D eigenvalue weighted by atomic mass is 19.1. The van der Waals surface area contributed by atoms with Gasteiger partial charge >= 0.3 is 0 Å². The van der Waals surface area contributed by atoms with Crippen molar-refractivity contribution in [1.29, 1.82) is 0 Å². The first-order valence-corrected chi connectivity index (χ1v) is 6.99.